The summed E-state index contributed by atoms with van der Waals surface area (Å²) >= 11 is 0. The summed E-state index contributed by atoms with van der Waals surface area (Å²) in [6.45, 7) is 1.88. The van der Waals surface area contributed by atoms with Crippen molar-refractivity contribution in [3.63, 3.8) is 0 Å². The minimum Gasteiger partial charge on any atom is -0.346 e. The van der Waals surface area contributed by atoms with E-state index in [1.54, 1.807) is 17.9 Å². The van der Waals surface area contributed by atoms with Crippen molar-refractivity contribution in [2.24, 2.45) is 7.05 Å². The van der Waals surface area contributed by atoms with Crippen molar-refractivity contribution in [3.05, 3.63) is 77.1 Å². The van der Waals surface area contributed by atoms with E-state index in [1.165, 1.54) is 5.56 Å². The van der Waals surface area contributed by atoms with Crippen LogP contribution in [-0.2, 0) is 19.9 Å². The highest BCUT2D eigenvalue weighted by Crippen LogP contribution is 2.19. The van der Waals surface area contributed by atoms with Gasteiger partial charge in [0.25, 0.3) is 0 Å². The number of carbonyl (C=O) groups is 1. The number of H-pyrrole nitrogens is 1. The summed E-state index contributed by atoms with van der Waals surface area (Å²) in [6, 6.07) is 9.75. The van der Waals surface area contributed by atoms with Gasteiger partial charge < -0.3 is 4.98 Å². The zero-order chi connectivity index (χ0) is 18.1. The van der Waals surface area contributed by atoms with Crippen LogP contribution in [0.2, 0.25) is 0 Å². The second-order valence-corrected chi connectivity index (χ2v) is 6.44. The standard InChI is InChI=1S/C20H19N5O/c1-13-8-18(25(2)24-13)19(26)10-16-6-5-14(11-22-16)9-15-12-23-20-17(15)4-3-7-21-20/h3-8,11-12H,9-10H2,1-2H3,(H,21,23). The number of carbonyl (C=O) groups excluding carboxylic acids is 1. The van der Waals surface area contributed by atoms with Gasteiger partial charge in [0.2, 0.25) is 0 Å². The van der Waals surface area contributed by atoms with E-state index in [0.29, 0.717) is 5.69 Å². The molecule has 0 bridgehead atoms. The number of nitrogens with zero attached hydrogens (tertiary/aromatic N) is 4. The number of Topliss-reactive ketones (excluding diaryl/α,β-unsaturated/α-hetero) is 1. The largest absolute Gasteiger partial charge is 0.346 e. The van der Waals surface area contributed by atoms with Gasteiger partial charge in [0, 0.05) is 43.1 Å². The molecule has 1 N–H and O–H groups in total. The number of aromatic nitrogens is 5. The SMILES string of the molecule is Cc1cc(C(=O)Cc2ccc(Cc3c[nH]c4ncccc34)cn2)n(C)n1. The molecule has 0 amide bonds. The van der Waals surface area contributed by atoms with Crippen LogP contribution in [-0.4, -0.2) is 30.5 Å². The molecular formula is C20H19N5O. The molecule has 4 rings (SSSR count). The Labute approximate surface area is 150 Å². The first-order valence-electron chi connectivity index (χ1n) is 8.49. The molecule has 0 aliphatic carbocycles. The molecule has 0 radical (unpaired) electrons. The number of hydrogen-bond donors (Lipinski definition) is 1. The molecule has 0 atom stereocenters. The Morgan fingerprint density at radius 2 is 2.12 bits per heavy atom. The Kier molecular flexibility index (Phi) is 4.08. The minimum absolute atomic E-state index is 0.0241. The summed E-state index contributed by atoms with van der Waals surface area (Å²) in [5.41, 5.74) is 5.39. The maximum absolute atomic E-state index is 12.4. The summed E-state index contributed by atoms with van der Waals surface area (Å²) in [6.07, 6.45) is 6.65. The molecule has 0 unspecified atom stereocenters. The quantitative estimate of drug-likeness (QED) is 0.564. The monoisotopic (exact) mass is 345 g/mol. The predicted molar refractivity (Wildman–Crippen MR) is 99.1 cm³/mol. The number of nitrogens with one attached hydrogen (secondary N) is 1. The van der Waals surface area contributed by atoms with Gasteiger partial charge in [-0.2, -0.15) is 5.10 Å². The maximum atomic E-state index is 12.4. The fourth-order valence-electron chi connectivity index (χ4n) is 3.17. The predicted octanol–water partition coefficient (Wildman–Crippen LogP) is 3.02. The highest BCUT2D eigenvalue weighted by atomic mass is 16.1. The van der Waals surface area contributed by atoms with Crippen molar-refractivity contribution in [2.45, 2.75) is 19.8 Å². The molecule has 6 nitrogen and oxygen atoms in total. The number of hydrogen-bond acceptors (Lipinski definition) is 4. The van der Waals surface area contributed by atoms with E-state index in [1.807, 2.05) is 43.6 Å². The van der Waals surface area contributed by atoms with E-state index in [0.717, 1.165) is 34.4 Å². The third-order valence-electron chi connectivity index (χ3n) is 4.45. The lowest BCUT2D eigenvalue weighted by molar-refractivity contribution is 0.0983. The van der Waals surface area contributed by atoms with Gasteiger partial charge >= 0.3 is 0 Å². The number of aromatic amines is 1. The van der Waals surface area contributed by atoms with Gasteiger partial charge in [-0.25, -0.2) is 4.98 Å². The molecule has 0 aromatic carbocycles. The molecule has 0 fully saturated rings. The molecule has 0 aliphatic heterocycles. The van der Waals surface area contributed by atoms with Crippen LogP contribution < -0.4 is 0 Å². The molecule has 4 heterocycles. The summed E-state index contributed by atoms with van der Waals surface area (Å²) in [4.78, 5) is 24.4. The Morgan fingerprint density at radius 1 is 1.23 bits per heavy atom. The van der Waals surface area contributed by atoms with Gasteiger partial charge in [-0.1, -0.05) is 6.07 Å². The van der Waals surface area contributed by atoms with Crippen LogP contribution in [0.15, 0.2) is 48.9 Å². The van der Waals surface area contributed by atoms with E-state index in [4.69, 9.17) is 0 Å². The number of ketones is 1. The lowest BCUT2D eigenvalue weighted by Crippen LogP contribution is -2.10. The second-order valence-electron chi connectivity index (χ2n) is 6.44. The lowest BCUT2D eigenvalue weighted by Gasteiger charge is -2.04. The van der Waals surface area contributed by atoms with Crippen LogP contribution in [0.3, 0.4) is 0 Å². The summed E-state index contributed by atoms with van der Waals surface area (Å²) in [7, 11) is 1.78. The van der Waals surface area contributed by atoms with E-state index in [9.17, 15) is 4.79 Å². The van der Waals surface area contributed by atoms with Gasteiger partial charge in [0.05, 0.1) is 12.1 Å². The molecule has 0 saturated carbocycles. The van der Waals surface area contributed by atoms with Crippen molar-refractivity contribution >= 4 is 16.8 Å². The van der Waals surface area contributed by atoms with Crippen molar-refractivity contribution in [1.82, 2.24) is 24.7 Å². The van der Waals surface area contributed by atoms with E-state index < -0.39 is 0 Å². The van der Waals surface area contributed by atoms with Crippen molar-refractivity contribution in [3.8, 4) is 0 Å². The van der Waals surface area contributed by atoms with Crippen LogP contribution >= 0.6 is 0 Å². The average Bonchev–Trinajstić information content (AvgIpc) is 3.19. The van der Waals surface area contributed by atoms with E-state index in [-0.39, 0.29) is 12.2 Å². The topological polar surface area (TPSA) is 76.5 Å². The molecule has 4 aromatic rings. The Bertz CT molecular complexity index is 1080. The normalized spacial score (nSPS) is 11.2. The van der Waals surface area contributed by atoms with Gasteiger partial charge in [-0.3, -0.25) is 14.5 Å². The molecule has 0 saturated heterocycles. The Morgan fingerprint density at radius 3 is 2.85 bits per heavy atom. The average molecular weight is 345 g/mol. The number of rotatable bonds is 5. The van der Waals surface area contributed by atoms with Crippen molar-refractivity contribution < 1.29 is 4.79 Å². The Hall–Kier alpha value is -3.28. The molecule has 0 spiro atoms. The lowest BCUT2D eigenvalue weighted by atomic mass is 10.1. The smallest absolute Gasteiger partial charge is 0.186 e. The van der Waals surface area contributed by atoms with Gasteiger partial charge in [-0.15, -0.1) is 0 Å². The number of fused-ring (bicyclic) bond motifs is 1. The minimum atomic E-state index is 0.0241. The Balaban J connectivity index is 1.48. The zero-order valence-corrected chi connectivity index (χ0v) is 14.7. The highest BCUT2D eigenvalue weighted by molar-refractivity contribution is 5.95. The molecular weight excluding hydrogens is 326 g/mol. The number of pyridine rings is 2. The molecule has 6 heteroatoms. The molecule has 26 heavy (non-hydrogen) atoms. The van der Waals surface area contributed by atoms with Crippen molar-refractivity contribution in [2.75, 3.05) is 0 Å². The van der Waals surface area contributed by atoms with Crippen molar-refractivity contribution in [1.29, 1.82) is 0 Å². The molecule has 130 valence electrons. The van der Waals surface area contributed by atoms with Crippen LogP contribution in [0.5, 0.6) is 0 Å². The highest BCUT2D eigenvalue weighted by Gasteiger charge is 2.13. The van der Waals surface area contributed by atoms with Crippen LogP contribution in [0, 0.1) is 6.92 Å². The fraction of sp³-hybridized carbons (Fsp3) is 0.200. The third kappa shape index (κ3) is 3.13. The van der Waals surface area contributed by atoms with Gasteiger partial charge in [0.1, 0.15) is 11.3 Å². The number of aryl methyl sites for hydroxylation is 2. The first-order chi connectivity index (χ1) is 12.6. The van der Waals surface area contributed by atoms with Crippen LogP contribution in [0.4, 0.5) is 0 Å². The zero-order valence-electron chi connectivity index (χ0n) is 14.7. The molecule has 4 aromatic heterocycles. The summed E-state index contributed by atoms with van der Waals surface area (Å²) < 4.78 is 1.62. The van der Waals surface area contributed by atoms with Crippen LogP contribution in [0.25, 0.3) is 11.0 Å². The third-order valence-corrected chi connectivity index (χ3v) is 4.45. The van der Waals surface area contributed by atoms with Gasteiger partial charge in [0.15, 0.2) is 5.78 Å². The molecule has 0 aliphatic rings. The maximum Gasteiger partial charge on any atom is 0.186 e. The summed E-state index contributed by atoms with van der Waals surface area (Å²) in [5, 5.41) is 5.35. The fourth-order valence-corrected chi connectivity index (χ4v) is 3.17. The van der Waals surface area contributed by atoms with Gasteiger partial charge in [-0.05, 0) is 42.3 Å². The van der Waals surface area contributed by atoms with E-state index in [2.05, 4.69) is 26.1 Å². The first-order valence-corrected chi connectivity index (χ1v) is 8.49. The second kappa shape index (κ2) is 6.55. The van der Waals surface area contributed by atoms with E-state index >= 15 is 0 Å². The first kappa shape index (κ1) is 16.2. The van der Waals surface area contributed by atoms with Crippen LogP contribution in [0.1, 0.15) is 33.0 Å². The summed E-state index contributed by atoms with van der Waals surface area (Å²) in [5.74, 6) is 0.0241.